The van der Waals surface area contributed by atoms with Crippen LogP contribution < -0.4 is 0 Å². The molecule has 0 fully saturated rings. The molecule has 0 heterocycles. The Balaban J connectivity index is 2.92. The Bertz CT molecular complexity index is 129. The number of aliphatic imine (C=N–C) groups is 1. The van der Waals surface area contributed by atoms with E-state index in [9.17, 15) is 0 Å². The van der Waals surface area contributed by atoms with E-state index in [-0.39, 0.29) is 0 Å². The first kappa shape index (κ1) is 14.7. The van der Waals surface area contributed by atoms with Crippen LogP contribution in [0.4, 0.5) is 0 Å². The maximum Gasteiger partial charge on any atom is 0.0382 e. The zero-order valence-electron chi connectivity index (χ0n) is 10.8. The molecule has 0 saturated carbocycles. The Hall–Kier alpha value is -0.330. The number of hydrogen-bond donors (Lipinski definition) is 0. The van der Waals surface area contributed by atoms with Crippen LogP contribution in [0.15, 0.2) is 4.99 Å². The van der Waals surface area contributed by atoms with E-state index >= 15 is 0 Å². The number of hydrogen-bond acceptors (Lipinski definition) is 1. The summed E-state index contributed by atoms with van der Waals surface area (Å²) in [4.78, 5) is 4.32. The Kier molecular flexibility index (Phi) is 13.4. The first-order chi connectivity index (χ1) is 7.41. The van der Waals surface area contributed by atoms with E-state index in [0.29, 0.717) is 0 Å². The molecule has 0 atom stereocenters. The molecule has 0 spiro atoms. The van der Waals surface area contributed by atoms with Gasteiger partial charge in [0.1, 0.15) is 0 Å². The predicted molar refractivity (Wildman–Crippen MR) is 70.9 cm³/mol. The lowest BCUT2D eigenvalue weighted by atomic mass is 10.1. The standard InChI is InChI=1S/C14H29N/c1-3-5-6-7-8-9-10-11-12-14-15-13-4-2/h14H,3-13H2,1-2H3/b15-14+. The Morgan fingerprint density at radius 3 is 1.93 bits per heavy atom. The molecule has 0 N–H and O–H groups in total. The summed E-state index contributed by atoms with van der Waals surface area (Å²) in [5, 5.41) is 0. The van der Waals surface area contributed by atoms with Crippen molar-refractivity contribution in [3.63, 3.8) is 0 Å². The first-order valence-corrected chi connectivity index (χ1v) is 6.90. The third-order valence-corrected chi connectivity index (χ3v) is 2.67. The second kappa shape index (κ2) is 13.7. The summed E-state index contributed by atoms with van der Waals surface area (Å²) in [5.74, 6) is 0. The minimum atomic E-state index is 1.01. The molecular formula is C14H29N. The smallest absolute Gasteiger partial charge is 0.0382 e. The zero-order chi connectivity index (χ0) is 11.2. The van der Waals surface area contributed by atoms with Gasteiger partial charge in [-0.1, -0.05) is 58.8 Å². The van der Waals surface area contributed by atoms with E-state index < -0.39 is 0 Å². The molecule has 0 aromatic heterocycles. The average Bonchev–Trinajstić information content (AvgIpc) is 2.26. The van der Waals surface area contributed by atoms with Gasteiger partial charge in [-0.05, 0) is 25.5 Å². The van der Waals surface area contributed by atoms with E-state index in [4.69, 9.17) is 0 Å². The molecule has 0 bridgehead atoms. The number of unbranched alkanes of at least 4 members (excludes halogenated alkanes) is 8. The second-order valence-electron chi connectivity index (χ2n) is 4.35. The van der Waals surface area contributed by atoms with E-state index in [1.165, 1.54) is 64.2 Å². The maximum atomic E-state index is 4.32. The first-order valence-electron chi connectivity index (χ1n) is 6.90. The molecule has 0 saturated heterocycles. The van der Waals surface area contributed by atoms with Crippen LogP contribution in [0.3, 0.4) is 0 Å². The highest BCUT2D eigenvalue weighted by Crippen LogP contribution is 2.08. The normalized spacial score (nSPS) is 11.3. The fourth-order valence-electron chi connectivity index (χ4n) is 1.68. The lowest BCUT2D eigenvalue weighted by molar-refractivity contribution is 0.580. The SMILES string of the molecule is CCCCCCCCCC/C=N/CCC. The van der Waals surface area contributed by atoms with Gasteiger partial charge in [-0.25, -0.2) is 0 Å². The van der Waals surface area contributed by atoms with Crippen molar-refractivity contribution < 1.29 is 0 Å². The van der Waals surface area contributed by atoms with Crippen molar-refractivity contribution in [3.8, 4) is 0 Å². The quantitative estimate of drug-likeness (QED) is 0.337. The molecule has 15 heavy (non-hydrogen) atoms. The molecular weight excluding hydrogens is 182 g/mol. The van der Waals surface area contributed by atoms with Crippen molar-refractivity contribution in [1.29, 1.82) is 0 Å². The van der Waals surface area contributed by atoms with Gasteiger partial charge in [0, 0.05) is 6.54 Å². The second-order valence-corrected chi connectivity index (χ2v) is 4.35. The molecule has 0 amide bonds. The highest BCUT2D eigenvalue weighted by Gasteiger charge is 1.90. The molecule has 0 rings (SSSR count). The van der Waals surface area contributed by atoms with Crippen molar-refractivity contribution >= 4 is 6.21 Å². The van der Waals surface area contributed by atoms with Gasteiger partial charge in [0.15, 0.2) is 0 Å². The third kappa shape index (κ3) is 13.7. The van der Waals surface area contributed by atoms with Crippen molar-refractivity contribution in [2.45, 2.75) is 78.1 Å². The molecule has 1 heteroatoms. The summed E-state index contributed by atoms with van der Waals surface area (Å²) in [7, 11) is 0. The van der Waals surface area contributed by atoms with Crippen molar-refractivity contribution in [1.82, 2.24) is 0 Å². The van der Waals surface area contributed by atoms with Crippen LogP contribution in [0, 0.1) is 0 Å². The summed E-state index contributed by atoms with van der Waals surface area (Å²) in [6.45, 7) is 5.46. The van der Waals surface area contributed by atoms with E-state index in [1.807, 2.05) is 0 Å². The van der Waals surface area contributed by atoms with Gasteiger partial charge in [0.05, 0.1) is 0 Å². The maximum absolute atomic E-state index is 4.32. The van der Waals surface area contributed by atoms with Crippen LogP contribution in [0.25, 0.3) is 0 Å². The van der Waals surface area contributed by atoms with E-state index in [2.05, 4.69) is 25.1 Å². The lowest BCUT2D eigenvalue weighted by Crippen LogP contribution is -1.83. The van der Waals surface area contributed by atoms with Crippen LogP contribution in [0.1, 0.15) is 78.1 Å². The van der Waals surface area contributed by atoms with Crippen molar-refractivity contribution in [2.75, 3.05) is 6.54 Å². The van der Waals surface area contributed by atoms with Gasteiger partial charge >= 0.3 is 0 Å². The Labute approximate surface area is 96.4 Å². The van der Waals surface area contributed by atoms with E-state index in [0.717, 1.165) is 6.54 Å². The lowest BCUT2D eigenvalue weighted by Gasteiger charge is -1.99. The fraction of sp³-hybridized carbons (Fsp3) is 0.929. The van der Waals surface area contributed by atoms with Gasteiger partial charge in [-0.2, -0.15) is 0 Å². The van der Waals surface area contributed by atoms with Crippen LogP contribution >= 0.6 is 0 Å². The molecule has 0 aliphatic rings. The summed E-state index contributed by atoms with van der Waals surface area (Å²) >= 11 is 0. The van der Waals surface area contributed by atoms with Gasteiger partial charge in [-0.3, -0.25) is 4.99 Å². The summed E-state index contributed by atoms with van der Waals surface area (Å²) in [6, 6.07) is 0. The van der Waals surface area contributed by atoms with Crippen LogP contribution in [0.2, 0.25) is 0 Å². The summed E-state index contributed by atoms with van der Waals surface area (Å²) in [5.41, 5.74) is 0. The highest BCUT2D eigenvalue weighted by molar-refractivity contribution is 5.56. The van der Waals surface area contributed by atoms with Crippen LogP contribution in [0.5, 0.6) is 0 Å². The summed E-state index contributed by atoms with van der Waals surface area (Å²) < 4.78 is 0. The monoisotopic (exact) mass is 211 g/mol. The topological polar surface area (TPSA) is 12.4 Å². The highest BCUT2D eigenvalue weighted by atomic mass is 14.7. The third-order valence-electron chi connectivity index (χ3n) is 2.67. The minimum Gasteiger partial charge on any atom is -0.298 e. The zero-order valence-corrected chi connectivity index (χ0v) is 10.8. The van der Waals surface area contributed by atoms with Gasteiger partial charge in [0.2, 0.25) is 0 Å². The van der Waals surface area contributed by atoms with Gasteiger partial charge < -0.3 is 0 Å². The molecule has 0 unspecified atom stereocenters. The molecule has 0 aromatic rings. The molecule has 1 nitrogen and oxygen atoms in total. The van der Waals surface area contributed by atoms with Gasteiger partial charge in [-0.15, -0.1) is 0 Å². The number of nitrogens with zero attached hydrogens (tertiary/aromatic N) is 1. The fourth-order valence-corrected chi connectivity index (χ4v) is 1.68. The molecule has 90 valence electrons. The molecule has 0 radical (unpaired) electrons. The molecule has 0 aliphatic heterocycles. The van der Waals surface area contributed by atoms with Gasteiger partial charge in [0.25, 0.3) is 0 Å². The van der Waals surface area contributed by atoms with Crippen molar-refractivity contribution in [3.05, 3.63) is 0 Å². The molecule has 0 aromatic carbocycles. The predicted octanol–water partition coefficient (Wildman–Crippen LogP) is 5.00. The average molecular weight is 211 g/mol. The van der Waals surface area contributed by atoms with E-state index in [1.54, 1.807) is 0 Å². The largest absolute Gasteiger partial charge is 0.298 e. The number of rotatable bonds is 11. The Morgan fingerprint density at radius 1 is 0.733 bits per heavy atom. The minimum absolute atomic E-state index is 1.01. The summed E-state index contributed by atoms with van der Waals surface area (Å²) in [6.07, 6.45) is 15.7. The molecule has 0 aliphatic carbocycles. The van der Waals surface area contributed by atoms with Crippen LogP contribution in [-0.2, 0) is 0 Å². The van der Waals surface area contributed by atoms with Crippen LogP contribution in [-0.4, -0.2) is 12.8 Å². The van der Waals surface area contributed by atoms with Crippen molar-refractivity contribution in [2.24, 2.45) is 4.99 Å². The Morgan fingerprint density at radius 2 is 1.33 bits per heavy atom.